The van der Waals surface area contributed by atoms with Crippen molar-refractivity contribution in [1.82, 2.24) is 34.7 Å². The van der Waals surface area contributed by atoms with E-state index in [0.717, 1.165) is 34.9 Å². The van der Waals surface area contributed by atoms with Gasteiger partial charge in [-0.15, -0.1) is 5.10 Å². The summed E-state index contributed by atoms with van der Waals surface area (Å²) in [4.78, 5) is 9.16. The van der Waals surface area contributed by atoms with Crippen LogP contribution in [-0.4, -0.2) is 34.7 Å². The predicted octanol–water partition coefficient (Wildman–Crippen LogP) is 2.23. The molecule has 0 fully saturated rings. The smallest absolute Gasteiger partial charge is 0.178 e. The second-order valence-corrected chi connectivity index (χ2v) is 5.61. The van der Waals surface area contributed by atoms with Crippen molar-refractivity contribution in [3.63, 3.8) is 0 Å². The number of aromatic nitrogens is 7. The van der Waals surface area contributed by atoms with E-state index in [1.807, 2.05) is 36.0 Å². The highest BCUT2D eigenvalue weighted by molar-refractivity contribution is 5.75. The highest BCUT2D eigenvalue weighted by Gasteiger charge is 2.14. The summed E-state index contributed by atoms with van der Waals surface area (Å²) in [5.41, 5.74) is 3.60. The summed E-state index contributed by atoms with van der Waals surface area (Å²) in [5.74, 6) is 1.61. The molecule has 4 rings (SSSR count). The normalized spacial score (nSPS) is 11.2. The lowest BCUT2D eigenvalue weighted by Crippen LogP contribution is -2.00. The molecule has 0 N–H and O–H groups in total. The minimum atomic E-state index is 0.710. The fourth-order valence-corrected chi connectivity index (χ4v) is 2.73. The first kappa shape index (κ1) is 14.5. The molecule has 1 aromatic carbocycles. The zero-order valence-electron chi connectivity index (χ0n) is 13.6. The first-order chi connectivity index (χ1) is 11.7. The van der Waals surface area contributed by atoms with Crippen LogP contribution in [0.5, 0.6) is 0 Å². The average Bonchev–Trinajstić information content (AvgIpc) is 3.19. The second kappa shape index (κ2) is 5.84. The van der Waals surface area contributed by atoms with E-state index in [-0.39, 0.29) is 0 Å². The summed E-state index contributed by atoms with van der Waals surface area (Å²) < 4.78 is 3.56. The van der Waals surface area contributed by atoms with Gasteiger partial charge in [0.2, 0.25) is 0 Å². The maximum absolute atomic E-state index is 4.72. The highest BCUT2D eigenvalue weighted by atomic mass is 15.4. The first-order valence-electron chi connectivity index (χ1n) is 7.88. The van der Waals surface area contributed by atoms with Crippen molar-refractivity contribution in [2.75, 3.05) is 0 Å². The Morgan fingerprint density at radius 3 is 2.75 bits per heavy atom. The summed E-state index contributed by atoms with van der Waals surface area (Å²) >= 11 is 0. The van der Waals surface area contributed by atoms with Gasteiger partial charge in [-0.2, -0.15) is 5.10 Å². The molecule has 0 spiro atoms. The Balaban J connectivity index is 1.73. The molecule has 7 heteroatoms. The molecule has 7 nitrogen and oxygen atoms in total. The fraction of sp³-hybridized carbons (Fsp3) is 0.235. The van der Waals surface area contributed by atoms with E-state index in [0.29, 0.717) is 6.42 Å². The van der Waals surface area contributed by atoms with Crippen molar-refractivity contribution >= 4 is 11.2 Å². The average molecular weight is 319 g/mol. The van der Waals surface area contributed by atoms with Gasteiger partial charge in [-0.25, -0.2) is 19.3 Å². The maximum atomic E-state index is 4.72. The van der Waals surface area contributed by atoms with Crippen LogP contribution in [0.1, 0.15) is 18.3 Å². The zero-order valence-corrected chi connectivity index (χ0v) is 13.6. The lowest BCUT2D eigenvalue weighted by molar-refractivity contribution is 0.656. The summed E-state index contributed by atoms with van der Waals surface area (Å²) in [6.45, 7) is 2.80. The molecule has 0 amide bonds. The summed E-state index contributed by atoms with van der Waals surface area (Å²) in [5, 5.41) is 12.7. The summed E-state index contributed by atoms with van der Waals surface area (Å²) in [6.07, 6.45) is 2.51. The maximum Gasteiger partial charge on any atom is 0.178 e. The SMILES string of the molecule is CCn1nc(Cc2ccccc2)nc1-c1cnc2c(c1)nnn2C. The molecule has 4 aromatic rings. The lowest BCUT2D eigenvalue weighted by Gasteiger charge is -2.01. The van der Waals surface area contributed by atoms with Crippen LogP contribution >= 0.6 is 0 Å². The Labute approximate surface area is 139 Å². The van der Waals surface area contributed by atoms with Crippen LogP contribution in [0.25, 0.3) is 22.6 Å². The number of hydrogen-bond donors (Lipinski definition) is 0. The molecule has 0 radical (unpaired) electrons. The van der Waals surface area contributed by atoms with Crippen LogP contribution in [0.4, 0.5) is 0 Å². The molecule has 3 aromatic heterocycles. The predicted molar refractivity (Wildman–Crippen MR) is 90.2 cm³/mol. The van der Waals surface area contributed by atoms with Crippen molar-refractivity contribution < 1.29 is 0 Å². The van der Waals surface area contributed by atoms with Gasteiger partial charge in [0.1, 0.15) is 5.52 Å². The molecule has 24 heavy (non-hydrogen) atoms. The van der Waals surface area contributed by atoms with Gasteiger partial charge >= 0.3 is 0 Å². The minimum absolute atomic E-state index is 0.710. The molecule has 0 saturated carbocycles. The van der Waals surface area contributed by atoms with Crippen LogP contribution in [0, 0.1) is 0 Å². The summed E-state index contributed by atoms with van der Waals surface area (Å²) in [7, 11) is 1.83. The number of nitrogens with zero attached hydrogens (tertiary/aromatic N) is 7. The van der Waals surface area contributed by atoms with Crippen LogP contribution < -0.4 is 0 Å². The third-order valence-electron chi connectivity index (χ3n) is 3.92. The Morgan fingerprint density at radius 1 is 1.12 bits per heavy atom. The van der Waals surface area contributed by atoms with Gasteiger partial charge in [-0.05, 0) is 18.6 Å². The molecule has 120 valence electrons. The first-order valence-corrected chi connectivity index (χ1v) is 7.88. The number of aryl methyl sites for hydroxylation is 2. The van der Waals surface area contributed by atoms with Crippen molar-refractivity contribution in [3.05, 3.63) is 54.0 Å². The van der Waals surface area contributed by atoms with E-state index in [4.69, 9.17) is 4.98 Å². The van der Waals surface area contributed by atoms with Gasteiger partial charge in [0.15, 0.2) is 17.3 Å². The molecule has 0 bridgehead atoms. The molecular formula is C17H17N7. The van der Waals surface area contributed by atoms with Gasteiger partial charge in [-0.1, -0.05) is 35.5 Å². The fourth-order valence-electron chi connectivity index (χ4n) is 2.73. The van der Waals surface area contributed by atoms with E-state index < -0.39 is 0 Å². The van der Waals surface area contributed by atoms with Crippen LogP contribution in [0.2, 0.25) is 0 Å². The second-order valence-electron chi connectivity index (χ2n) is 5.61. The molecule has 0 aliphatic rings. The van der Waals surface area contributed by atoms with Crippen molar-refractivity contribution in [2.45, 2.75) is 19.9 Å². The van der Waals surface area contributed by atoms with Gasteiger partial charge in [0.05, 0.1) is 0 Å². The van der Waals surface area contributed by atoms with Crippen molar-refractivity contribution in [3.8, 4) is 11.4 Å². The van der Waals surface area contributed by atoms with E-state index in [2.05, 4.69) is 39.5 Å². The lowest BCUT2D eigenvalue weighted by atomic mass is 10.1. The number of pyridine rings is 1. The largest absolute Gasteiger partial charge is 0.246 e. The monoisotopic (exact) mass is 319 g/mol. The Bertz CT molecular complexity index is 985. The standard InChI is InChI=1S/C17H17N7/c1-3-24-16(13-10-14-17(18-11-13)23(2)22-20-14)19-15(21-24)9-12-7-5-4-6-8-12/h4-8,10-11H,3,9H2,1-2H3. The van der Waals surface area contributed by atoms with Gasteiger partial charge in [-0.3, -0.25) is 0 Å². The van der Waals surface area contributed by atoms with Crippen LogP contribution in [0.15, 0.2) is 42.6 Å². The van der Waals surface area contributed by atoms with Crippen molar-refractivity contribution in [2.24, 2.45) is 7.05 Å². The van der Waals surface area contributed by atoms with E-state index in [9.17, 15) is 0 Å². The van der Waals surface area contributed by atoms with Crippen LogP contribution in [-0.2, 0) is 20.0 Å². The van der Waals surface area contributed by atoms with Gasteiger partial charge in [0, 0.05) is 31.8 Å². The molecule has 0 aliphatic heterocycles. The third kappa shape index (κ3) is 2.54. The Kier molecular flexibility index (Phi) is 3.53. The number of fused-ring (bicyclic) bond motifs is 1. The Hall–Kier alpha value is -3.09. The molecule has 0 unspecified atom stereocenters. The molecule has 0 saturated heterocycles. The van der Waals surface area contributed by atoms with Crippen molar-refractivity contribution in [1.29, 1.82) is 0 Å². The number of rotatable bonds is 4. The van der Waals surface area contributed by atoms with Gasteiger partial charge in [0.25, 0.3) is 0 Å². The Morgan fingerprint density at radius 2 is 1.96 bits per heavy atom. The zero-order chi connectivity index (χ0) is 16.5. The molecule has 0 aliphatic carbocycles. The molecule has 3 heterocycles. The van der Waals surface area contributed by atoms with Crippen LogP contribution in [0.3, 0.4) is 0 Å². The van der Waals surface area contributed by atoms with E-state index in [1.165, 1.54) is 5.56 Å². The number of hydrogen-bond acceptors (Lipinski definition) is 5. The minimum Gasteiger partial charge on any atom is -0.246 e. The van der Waals surface area contributed by atoms with Gasteiger partial charge < -0.3 is 0 Å². The van der Waals surface area contributed by atoms with E-state index >= 15 is 0 Å². The molecule has 0 atom stereocenters. The third-order valence-corrected chi connectivity index (χ3v) is 3.92. The number of benzene rings is 1. The highest BCUT2D eigenvalue weighted by Crippen LogP contribution is 2.21. The summed E-state index contributed by atoms with van der Waals surface area (Å²) in [6, 6.07) is 12.2. The topological polar surface area (TPSA) is 74.3 Å². The molecular weight excluding hydrogens is 302 g/mol. The van der Waals surface area contributed by atoms with E-state index in [1.54, 1.807) is 10.9 Å². The quantitative estimate of drug-likeness (QED) is 0.576.